The van der Waals surface area contributed by atoms with Gasteiger partial charge in [0.25, 0.3) is 0 Å². The summed E-state index contributed by atoms with van der Waals surface area (Å²) in [6.07, 6.45) is 3.19. The van der Waals surface area contributed by atoms with Gasteiger partial charge in [-0.25, -0.2) is 0 Å². The Hall–Kier alpha value is -0.830. The first-order valence-corrected chi connectivity index (χ1v) is 4.64. The minimum Gasteiger partial charge on any atom is -0.352 e. The van der Waals surface area contributed by atoms with Gasteiger partial charge in [-0.15, -0.1) is 6.58 Å². The summed E-state index contributed by atoms with van der Waals surface area (Å²) in [5, 5.41) is 2.84. The van der Waals surface area contributed by atoms with E-state index in [1.54, 1.807) is 13.0 Å². The quantitative estimate of drug-likeness (QED) is 0.631. The van der Waals surface area contributed by atoms with E-state index in [1.807, 2.05) is 13.8 Å². The fraction of sp³-hybridized carbons (Fsp3) is 0.700. The summed E-state index contributed by atoms with van der Waals surface area (Å²) in [5.74, 6) is -0.0932. The van der Waals surface area contributed by atoms with Crippen LogP contribution in [0, 0.1) is 0 Å². The van der Waals surface area contributed by atoms with Gasteiger partial charge in [0.15, 0.2) is 0 Å². The van der Waals surface area contributed by atoms with Crippen LogP contribution in [0.5, 0.6) is 0 Å². The second-order valence-corrected chi connectivity index (χ2v) is 3.67. The van der Waals surface area contributed by atoms with Gasteiger partial charge in [0.05, 0.1) is 5.54 Å². The van der Waals surface area contributed by atoms with Crippen LogP contribution in [-0.4, -0.2) is 17.5 Å². The number of nitrogens with two attached hydrogens (primary N) is 1. The lowest BCUT2D eigenvalue weighted by molar-refractivity contribution is -0.126. The number of rotatable bonds is 5. The van der Waals surface area contributed by atoms with Crippen molar-refractivity contribution >= 4 is 5.91 Å². The maximum absolute atomic E-state index is 11.5. The van der Waals surface area contributed by atoms with Crippen LogP contribution in [0.25, 0.3) is 0 Å². The van der Waals surface area contributed by atoms with Gasteiger partial charge >= 0.3 is 0 Å². The highest BCUT2D eigenvalue weighted by Crippen LogP contribution is 2.05. The Kier molecular flexibility index (Phi) is 4.70. The predicted octanol–water partition coefficient (Wildman–Crippen LogP) is 1.19. The highest BCUT2D eigenvalue weighted by Gasteiger charge is 2.26. The molecule has 76 valence electrons. The number of carbonyl (C=O) groups is 1. The van der Waals surface area contributed by atoms with Crippen molar-refractivity contribution in [2.75, 3.05) is 0 Å². The van der Waals surface area contributed by atoms with Crippen molar-refractivity contribution in [3.8, 4) is 0 Å². The van der Waals surface area contributed by atoms with Crippen LogP contribution in [-0.2, 0) is 4.79 Å². The zero-order valence-corrected chi connectivity index (χ0v) is 8.76. The Morgan fingerprint density at radius 1 is 1.77 bits per heavy atom. The molecule has 3 N–H and O–H groups in total. The zero-order chi connectivity index (χ0) is 10.5. The van der Waals surface area contributed by atoms with Gasteiger partial charge in [-0.2, -0.15) is 0 Å². The molecule has 3 nitrogen and oxygen atoms in total. The Morgan fingerprint density at radius 2 is 2.31 bits per heavy atom. The van der Waals surface area contributed by atoms with Gasteiger partial charge in [0.2, 0.25) is 5.91 Å². The van der Waals surface area contributed by atoms with Crippen LogP contribution in [0.3, 0.4) is 0 Å². The lowest BCUT2D eigenvalue weighted by Gasteiger charge is -2.23. The van der Waals surface area contributed by atoms with Crippen molar-refractivity contribution in [3.63, 3.8) is 0 Å². The molecule has 13 heavy (non-hydrogen) atoms. The molecule has 0 saturated carbocycles. The molecule has 0 spiro atoms. The molecule has 3 heteroatoms. The zero-order valence-electron chi connectivity index (χ0n) is 8.76. The Morgan fingerprint density at radius 3 is 2.69 bits per heavy atom. The average Bonchev–Trinajstić information content (AvgIpc) is 2.04. The molecule has 0 rings (SSSR count). The minimum atomic E-state index is -0.755. The van der Waals surface area contributed by atoms with Gasteiger partial charge in [-0.1, -0.05) is 13.0 Å². The van der Waals surface area contributed by atoms with E-state index in [0.29, 0.717) is 6.42 Å². The number of amides is 1. The molecule has 0 bridgehead atoms. The largest absolute Gasteiger partial charge is 0.352 e. The fourth-order valence-corrected chi connectivity index (χ4v) is 0.858. The van der Waals surface area contributed by atoms with Crippen LogP contribution >= 0.6 is 0 Å². The maximum atomic E-state index is 11.5. The molecule has 0 aliphatic heterocycles. The van der Waals surface area contributed by atoms with Crippen LogP contribution < -0.4 is 11.1 Å². The van der Waals surface area contributed by atoms with Gasteiger partial charge in [-0.05, 0) is 26.7 Å². The third kappa shape index (κ3) is 4.08. The number of nitrogens with one attached hydrogen (secondary N) is 1. The smallest absolute Gasteiger partial charge is 0.240 e. The van der Waals surface area contributed by atoms with Gasteiger partial charge in [0, 0.05) is 6.04 Å². The molecule has 2 atom stereocenters. The van der Waals surface area contributed by atoms with Crippen LogP contribution in [0.4, 0.5) is 0 Å². The molecule has 0 aromatic carbocycles. The van der Waals surface area contributed by atoms with Crippen LogP contribution in [0.1, 0.15) is 33.6 Å². The molecular weight excluding hydrogens is 164 g/mol. The van der Waals surface area contributed by atoms with E-state index in [1.165, 1.54) is 0 Å². The standard InChI is InChI=1S/C10H20N2O/c1-5-7-8(3)12-9(13)10(4,11)6-2/h5,8H,1,6-7,11H2,2-4H3,(H,12,13). The molecule has 0 aromatic heterocycles. The molecule has 0 aliphatic rings. The summed E-state index contributed by atoms with van der Waals surface area (Å²) in [4.78, 5) is 11.5. The summed E-state index contributed by atoms with van der Waals surface area (Å²) >= 11 is 0. The summed E-state index contributed by atoms with van der Waals surface area (Å²) in [6.45, 7) is 9.18. The van der Waals surface area contributed by atoms with Crippen molar-refractivity contribution in [2.24, 2.45) is 5.73 Å². The third-order valence-electron chi connectivity index (χ3n) is 2.15. The summed E-state index contributed by atoms with van der Waals surface area (Å²) < 4.78 is 0. The van der Waals surface area contributed by atoms with E-state index in [2.05, 4.69) is 11.9 Å². The normalized spacial score (nSPS) is 17.2. The van der Waals surface area contributed by atoms with Crippen molar-refractivity contribution in [1.29, 1.82) is 0 Å². The second-order valence-electron chi connectivity index (χ2n) is 3.67. The van der Waals surface area contributed by atoms with E-state index in [4.69, 9.17) is 5.73 Å². The molecular formula is C10H20N2O. The van der Waals surface area contributed by atoms with Crippen LogP contribution in [0.15, 0.2) is 12.7 Å². The van der Waals surface area contributed by atoms with E-state index >= 15 is 0 Å². The van der Waals surface area contributed by atoms with E-state index in [0.717, 1.165) is 6.42 Å². The summed E-state index contributed by atoms with van der Waals surface area (Å²) in [7, 11) is 0. The molecule has 0 heterocycles. The highest BCUT2D eigenvalue weighted by atomic mass is 16.2. The fourth-order valence-electron chi connectivity index (χ4n) is 0.858. The molecule has 0 aromatic rings. The second kappa shape index (κ2) is 5.02. The third-order valence-corrected chi connectivity index (χ3v) is 2.15. The van der Waals surface area contributed by atoms with Gasteiger partial charge in [-0.3, -0.25) is 4.79 Å². The summed E-state index contributed by atoms with van der Waals surface area (Å²) in [5.41, 5.74) is 5.01. The highest BCUT2D eigenvalue weighted by molar-refractivity contribution is 5.85. The number of hydrogen-bond acceptors (Lipinski definition) is 2. The SMILES string of the molecule is C=CCC(C)NC(=O)C(C)(N)CC. The Balaban J connectivity index is 4.06. The average molecular weight is 184 g/mol. The van der Waals surface area contributed by atoms with Crippen molar-refractivity contribution < 1.29 is 4.79 Å². The lowest BCUT2D eigenvalue weighted by Crippen LogP contribution is -2.53. The Bertz CT molecular complexity index is 187. The predicted molar refractivity (Wildman–Crippen MR) is 55.3 cm³/mol. The monoisotopic (exact) mass is 184 g/mol. The van der Waals surface area contributed by atoms with Gasteiger partial charge < -0.3 is 11.1 Å². The molecule has 0 fully saturated rings. The maximum Gasteiger partial charge on any atom is 0.240 e. The molecule has 0 radical (unpaired) electrons. The molecule has 1 amide bonds. The first-order chi connectivity index (χ1) is 5.94. The van der Waals surface area contributed by atoms with Crippen molar-refractivity contribution in [2.45, 2.75) is 45.2 Å². The lowest BCUT2D eigenvalue weighted by atomic mass is 9.99. The van der Waals surface area contributed by atoms with Crippen molar-refractivity contribution in [1.82, 2.24) is 5.32 Å². The number of carbonyl (C=O) groups excluding carboxylic acids is 1. The van der Waals surface area contributed by atoms with E-state index in [9.17, 15) is 4.79 Å². The number of hydrogen-bond donors (Lipinski definition) is 2. The summed E-state index contributed by atoms with van der Waals surface area (Å²) in [6, 6.07) is 0.111. The molecule has 0 saturated heterocycles. The Labute approximate surface area is 80.4 Å². The van der Waals surface area contributed by atoms with Gasteiger partial charge in [0.1, 0.15) is 0 Å². The first kappa shape index (κ1) is 12.2. The van der Waals surface area contributed by atoms with E-state index in [-0.39, 0.29) is 11.9 Å². The van der Waals surface area contributed by atoms with Crippen LogP contribution in [0.2, 0.25) is 0 Å². The van der Waals surface area contributed by atoms with Crippen molar-refractivity contribution in [3.05, 3.63) is 12.7 Å². The minimum absolute atomic E-state index is 0.0932. The first-order valence-electron chi connectivity index (χ1n) is 4.64. The van der Waals surface area contributed by atoms with E-state index < -0.39 is 5.54 Å². The molecule has 0 aliphatic carbocycles. The molecule has 2 unspecified atom stereocenters. The topological polar surface area (TPSA) is 55.1 Å².